The molecule has 1 fully saturated rings. The number of hydrogen-bond donors (Lipinski definition) is 2. The summed E-state index contributed by atoms with van der Waals surface area (Å²) in [4.78, 5) is 21.4. The van der Waals surface area contributed by atoms with Crippen molar-refractivity contribution in [3.63, 3.8) is 0 Å². The van der Waals surface area contributed by atoms with E-state index in [1.54, 1.807) is 7.11 Å². The summed E-state index contributed by atoms with van der Waals surface area (Å²) >= 11 is 0. The van der Waals surface area contributed by atoms with E-state index in [0.29, 0.717) is 19.1 Å². The van der Waals surface area contributed by atoms with Gasteiger partial charge in [0.1, 0.15) is 5.75 Å². The number of anilines is 1. The van der Waals surface area contributed by atoms with Crippen molar-refractivity contribution in [1.29, 1.82) is 0 Å². The number of nitrogens with zero attached hydrogens (tertiary/aromatic N) is 3. The highest BCUT2D eigenvalue weighted by Crippen LogP contribution is 2.31. The Balaban J connectivity index is 0.00000363. The number of carbonyl (C=O) groups is 1. The highest BCUT2D eigenvalue weighted by Gasteiger charge is 2.24. The molecule has 32 heavy (non-hydrogen) atoms. The summed E-state index contributed by atoms with van der Waals surface area (Å²) in [5.74, 6) is 1.65. The number of benzene rings is 1. The molecular weight excluding hydrogens is 521 g/mol. The second-order valence-corrected chi connectivity index (χ2v) is 8.02. The summed E-state index contributed by atoms with van der Waals surface area (Å²) in [6.45, 7) is 8.48. The number of methoxy groups -OCH3 is 1. The zero-order valence-electron chi connectivity index (χ0n) is 19.3. The minimum absolute atomic E-state index is 0. The van der Waals surface area contributed by atoms with Crippen LogP contribution in [-0.4, -0.2) is 82.4 Å². The second kappa shape index (κ2) is 14.5. The highest BCUT2D eigenvalue weighted by atomic mass is 127. The van der Waals surface area contributed by atoms with E-state index >= 15 is 0 Å². The van der Waals surface area contributed by atoms with Crippen molar-refractivity contribution in [3.8, 4) is 5.75 Å². The molecule has 9 heteroatoms. The first-order chi connectivity index (χ1) is 15.2. The number of piperidine rings is 1. The highest BCUT2D eigenvalue weighted by molar-refractivity contribution is 14.0. The van der Waals surface area contributed by atoms with Gasteiger partial charge in [0.15, 0.2) is 12.6 Å². The van der Waals surface area contributed by atoms with Crippen LogP contribution in [0, 0.1) is 0 Å². The molecule has 1 aromatic rings. The van der Waals surface area contributed by atoms with Crippen molar-refractivity contribution in [2.45, 2.75) is 38.6 Å². The number of rotatable bonds is 10. The van der Waals surface area contributed by atoms with Crippen LogP contribution in [0.25, 0.3) is 0 Å². The second-order valence-electron chi connectivity index (χ2n) is 8.02. The topological polar surface area (TPSA) is 78.4 Å². The zero-order chi connectivity index (χ0) is 21.9. The Hall–Kier alpha value is -1.59. The molecule has 0 aromatic heterocycles. The zero-order valence-corrected chi connectivity index (χ0v) is 21.7. The summed E-state index contributed by atoms with van der Waals surface area (Å²) in [5.41, 5.74) is 0.852. The number of aliphatic imine (C=N–C) groups is 1. The molecule has 0 radical (unpaired) electrons. The molecule has 2 aliphatic rings. The van der Waals surface area contributed by atoms with E-state index in [1.807, 2.05) is 29.2 Å². The smallest absolute Gasteiger partial charge is 0.265 e. The van der Waals surface area contributed by atoms with Crippen LogP contribution in [0.5, 0.6) is 5.75 Å². The molecule has 2 heterocycles. The van der Waals surface area contributed by atoms with E-state index in [4.69, 9.17) is 14.5 Å². The predicted octanol–water partition coefficient (Wildman–Crippen LogP) is 2.48. The fraction of sp³-hybridized carbons (Fsp3) is 0.652. The maximum Gasteiger partial charge on any atom is 0.265 e. The number of ether oxygens (including phenoxy) is 2. The van der Waals surface area contributed by atoms with Crippen molar-refractivity contribution in [1.82, 2.24) is 15.5 Å². The summed E-state index contributed by atoms with van der Waals surface area (Å²) < 4.78 is 10.7. The molecule has 2 aliphatic heterocycles. The Morgan fingerprint density at radius 3 is 2.75 bits per heavy atom. The summed E-state index contributed by atoms with van der Waals surface area (Å²) in [5, 5.41) is 6.95. The number of likely N-dealkylation sites (tertiary alicyclic amines) is 1. The Labute approximate surface area is 209 Å². The lowest BCUT2D eigenvalue weighted by atomic mass is 10.1. The van der Waals surface area contributed by atoms with Gasteiger partial charge in [-0.1, -0.05) is 12.1 Å². The Morgan fingerprint density at radius 1 is 1.22 bits per heavy atom. The Morgan fingerprint density at radius 2 is 2.00 bits per heavy atom. The quantitative estimate of drug-likeness (QED) is 0.199. The monoisotopic (exact) mass is 559 g/mol. The van der Waals surface area contributed by atoms with Crippen LogP contribution in [0.1, 0.15) is 32.6 Å². The van der Waals surface area contributed by atoms with Crippen LogP contribution in [-0.2, 0) is 9.53 Å². The van der Waals surface area contributed by atoms with Gasteiger partial charge in [-0.2, -0.15) is 0 Å². The van der Waals surface area contributed by atoms with Gasteiger partial charge in [-0.15, -0.1) is 24.0 Å². The lowest BCUT2D eigenvalue weighted by Gasteiger charge is -2.33. The fourth-order valence-corrected chi connectivity index (χ4v) is 4.07. The van der Waals surface area contributed by atoms with Crippen LogP contribution in [0.4, 0.5) is 5.69 Å². The number of para-hydroxylation sites is 2. The number of hydrogen-bond acceptors (Lipinski definition) is 5. The van der Waals surface area contributed by atoms with E-state index in [9.17, 15) is 4.79 Å². The number of fused-ring (bicyclic) bond motifs is 1. The largest absolute Gasteiger partial charge is 0.482 e. The summed E-state index contributed by atoms with van der Waals surface area (Å²) in [7, 11) is 1.76. The van der Waals surface area contributed by atoms with Crippen LogP contribution in [0.3, 0.4) is 0 Å². The molecular formula is C23H38IN5O3. The SMILES string of the molecule is CCNC(=NCCCN1C(=O)COc2ccccc21)NC1CCN(CCCOC)CC1.I. The van der Waals surface area contributed by atoms with Gasteiger partial charge >= 0.3 is 0 Å². The van der Waals surface area contributed by atoms with Crippen molar-refractivity contribution in [2.24, 2.45) is 4.99 Å². The van der Waals surface area contributed by atoms with Gasteiger partial charge in [0.25, 0.3) is 5.91 Å². The molecule has 180 valence electrons. The van der Waals surface area contributed by atoms with Gasteiger partial charge in [-0.3, -0.25) is 9.79 Å². The minimum Gasteiger partial charge on any atom is -0.482 e. The molecule has 1 aromatic carbocycles. The number of amides is 1. The molecule has 0 unspecified atom stereocenters. The van der Waals surface area contributed by atoms with Crippen molar-refractivity contribution < 1.29 is 14.3 Å². The normalized spacial score (nSPS) is 17.4. The molecule has 0 bridgehead atoms. The molecule has 2 N–H and O–H groups in total. The van der Waals surface area contributed by atoms with Gasteiger partial charge in [-0.25, -0.2) is 0 Å². The van der Waals surface area contributed by atoms with E-state index in [0.717, 1.165) is 75.9 Å². The average molecular weight is 559 g/mol. The van der Waals surface area contributed by atoms with Crippen LogP contribution >= 0.6 is 24.0 Å². The summed E-state index contributed by atoms with van der Waals surface area (Å²) in [6.07, 6.45) is 4.14. The Bertz CT molecular complexity index is 725. The molecule has 0 aliphatic carbocycles. The van der Waals surface area contributed by atoms with Crippen molar-refractivity contribution in [3.05, 3.63) is 24.3 Å². The van der Waals surface area contributed by atoms with Gasteiger partial charge in [-0.05, 0) is 44.7 Å². The number of nitrogens with one attached hydrogen (secondary N) is 2. The summed E-state index contributed by atoms with van der Waals surface area (Å²) in [6, 6.07) is 8.15. The van der Waals surface area contributed by atoms with E-state index in [2.05, 4.69) is 22.5 Å². The van der Waals surface area contributed by atoms with Gasteiger partial charge in [0.05, 0.1) is 5.69 Å². The third kappa shape index (κ3) is 8.08. The molecule has 1 amide bonds. The van der Waals surface area contributed by atoms with E-state index in [-0.39, 0.29) is 36.5 Å². The molecule has 3 rings (SSSR count). The molecule has 0 saturated carbocycles. The molecule has 0 atom stereocenters. The average Bonchev–Trinajstić information content (AvgIpc) is 2.79. The van der Waals surface area contributed by atoms with E-state index < -0.39 is 0 Å². The predicted molar refractivity (Wildman–Crippen MR) is 139 cm³/mol. The minimum atomic E-state index is 0. The van der Waals surface area contributed by atoms with Crippen LogP contribution in [0.15, 0.2) is 29.3 Å². The van der Waals surface area contributed by atoms with Crippen LogP contribution < -0.4 is 20.3 Å². The third-order valence-corrected chi connectivity index (χ3v) is 5.71. The third-order valence-electron chi connectivity index (χ3n) is 5.71. The lowest BCUT2D eigenvalue weighted by Crippen LogP contribution is -2.49. The lowest BCUT2D eigenvalue weighted by molar-refractivity contribution is -0.121. The Kier molecular flexibility index (Phi) is 12.1. The first kappa shape index (κ1) is 26.7. The maximum atomic E-state index is 12.3. The first-order valence-corrected chi connectivity index (χ1v) is 11.5. The molecule has 8 nitrogen and oxygen atoms in total. The van der Waals surface area contributed by atoms with Crippen molar-refractivity contribution >= 4 is 41.5 Å². The standard InChI is InChI=1S/C23H37N5O3.HI/c1-3-24-23(26-19-10-15-27(16-11-19)13-7-17-30-2)25-12-6-14-28-20-8-4-5-9-21(20)31-18-22(28)29;/h4-5,8-9,19H,3,6-7,10-18H2,1-2H3,(H2,24,25,26);1H. The van der Waals surface area contributed by atoms with Gasteiger partial charge in [0, 0.05) is 59.0 Å². The number of halogens is 1. The first-order valence-electron chi connectivity index (χ1n) is 11.5. The van der Waals surface area contributed by atoms with Gasteiger partial charge < -0.3 is 29.9 Å². The van der Waals surface area contributed by atoms with Gasteiger partial charge in [0.2, 0.25) is 0 Å². The van der Waals surface area contributed by atoms with Crippen LogP contribution in [0.2, 0.25) is 0 Å². The van der Waals surface area contributed by atoms with Crippen molar-refractivity contribution in [2.75, 3.05) is 64.5 Å². The maximum absolute atomic E-state index is 12.3. The molecule has 1 saturated heterocycles. The fourth-order valence-electron chi connectivity index (χ4n) is 4.07. The number of guanidine groups is 1. The molecule has 0 spiro atoms. The van der Waals surface area contributed by atoms with E-state index in [1.165, 1.54) is 0 Å². The number of carbonyl (C=O) groups excluding carboxylic acids is 1.